The highest BCUT2D eigenvalue weighted by Crippen LogP contribution is 2.22. The van der Waals surface area contributed by atoms with E-state index in [1.54, 1.807) is 11.8 Å². The highest BCUT2D eigenvalue weighted by molar-refractivity contribution is 8.00. The van der Waals surface area contributed by atoms with Gasteiger partial charge in [-0.3, -0.25) is 9.69 Å². The summed E-state index contributed by atoms with van der Waals surface area (Å²) in [5.41, 5.74) is 2.43. The number of benzene rings is 2. The summed E-state index contributed by atoms with van der Waals surface area (Å²) in [6.45, 7) is 7.10. The van der Waals surface area contributed by atoms with Gasteiger partial charge in [0.05, 0.1) is 18.5 Å². The van der Waals surface area contributed by atoms with Crippen LogP contribution in [0.4, 0.5) is 0 Å². The minimum absolute atomic E-state index is 0.0660. The van der Waals surface area contributed by atoms with Gasteiger partial charge in [0.25, 0.3) is 0 Å². The van der Waals surface area contributed by atoms with Gasteiger partial charge in [-0.15, -0.1) is 11.8 Å². The molecule has 1 N–H and O–H groups in total. The normalized spacial score (nSPS) is 16.2. The van der Waals surface area contributed by atoms with Gasteiger partial charge in [-0.2, -0.15) is 0 Å². The Hall–Kier alpha value is -1.82. The first kappa shape index (κ1) is 19.0. The second-order valence-corrected chi connectivity index (χ2v) is 7.91. The lowest BCUT2D eigenvalue weighted by atomic mass is 10.1. The molecule has 4 nitrogen and oxygen atoms in total. The molecule has 3 rings (SSSR count). The van der Waals surface area contributed by atoms with Crippen molar-refractivity contribution in [2.24, 2.45) is 0 Å². The number of carbonyl (C=O) groups is 1. The number of hydrogen-bond acceptors (Lipinski definition) is 4. The van der Waals surface area contributed by atoms with Gasteiger partial charge < -0.3 is 10.1 Å². The molecule has 0 aliphatic carbocycles. The van der Waals surface area contributed by atoms with Crippen LogP contribution < -0.4 is 5.32 Å². The third kappa shape index (κ3) is 5.87. The first-order chi connectivity index (χ1) is 12.7. The van der Waals surface area contributed by atoms with Gasteiger partial charge in [0, 0.05) is 31.1 Å². The predicted octanol–water partition coefficient (Wildman–Crippen LogP) is 3.32. The molecule has 0 bridgehead atoms. The van der Waals surface area contributed by atoms with Crippen LogP contribution in [-0.2, 0) is 22.6 Å². The quantitative estimate of drug-likeness (QED) is 0.759. The van der Waals surface area contributed by atoms with Gasteiger partial charge in [-0.25, -0.2) is 0 Å². The van der Waals surface area contributed by atoms with Crippen molar-refractivity contribution in [3.05, 3.63) is 65.7 Å². The average molecular weight is 371 g/mol. The molecule has 26 heavy (non-hydrogen) atoms. The zero-order valence-corrected chi connectivity index (χ0v) is 16.0. The standard InChI is InChI=1S/C21H26N2O2S/c1-17(26-20-5-3-2-4-6-20)21(24)22-15-18-7-9-19(10-8-18)16-23-11-13-25-14-12-23/h2-10,17H,11-16H2,1H3,(H,22,24). The topological polar surface area (TPSA) is 41.6 Å². The monoisotopic (exact) mass is 370 g/mol. The van der Waals surface area contributed by atoms with Crippen molar-refractivity contribution in [1.82, 2.24) is 10.2 Å². The Morgan fingerprint density at radius 1 is 1.08 bits per heavy atom. The summed E-state index contributed by atoms with van der Waals surface area (Å²) in [4.78, 5) is 15.8. The average Bonchev–Trinajstić information content (AvgIpc) is 2.69. The van der Waals surface area contributed by atoms with E-state index in [9.17, 15) is 4.79 Å². The Balaban J connectivity index is 1.44. The number of thioether (sulfide) groups is 1. The molecule has 1 aliphatic heterocycles. The number of nitrogens with zero attached hydrogens (tertiary/aromatic N) is 1. The fraction of sp³-hybridized carbons (Fsp3) is 0.381. The van der Waals surface area contributed by atoms with Gasteiger partial charge in [-0.1, -0.05) is 42.5 Å². The van der Waals surface area contributed by atoms with Gasteiger partial charge in [0.2, 0.25) is 5.91 Å². The van der Waals surface area contributed by atoms with E-state index in [0.717, 1.165) is 43.3 Å². The zero-order chi connectivity index (χ0) is 18.2. The van der Waals surface area contributed by atoms with Crippen molar-refractivity contribution in [3.63, 3.8) is 0 Å². The van der Waals surface area contributed by atoms with Crippen LogP contribution in [0, 0.1) is 0 Å². The maximum atomic E-state index is 12.3. The maximum absolute atomic E-state index is 12.3. The minimum Gasteiger partial charge on any atom is -0.379 e. The highest BCUT2D eigenvalue weighted by Gasteiger charge is 2.14. The molecule has 1 amide bonds. The summed E-state index contributed by atoms with van der Waals surface area (Å²) in [5, 5.41) is 2.92. The molecule has 0 aromatic heterocycles. The van der Waals surface area contributed by atoms with Crippen molar-refractivity contribution >= 4 is 17.7 Å². The smallest absolute Gasteiger partial charge is 0.233 e. The van der Waals surface area contributed by atoms with Crippen LogP contribution in [0.5, 0.6) is 0 Å². The van der Waals surface area contributed by atoms with E-state index < -0.39 is 0 Å². The molecule has 0 radical (unpaired) electrons. The molecule has 1 unspecified atom stereocenters. The van der Waals surface area contributed by atoms with E-state index in [-0.39, 0.29) is 11.2 Å². The molecule has 2 aromatic rings. The lowest BCUT2D eigenvalue weighted by molar-refractivity contribution is -0.120. The molecular weight excluding hydrogens is 344 g/mol. The van der Waals surface area contributed by atoms with Crippen LogP contribution in [0.1, 0.15) is 18.1 Å². The van der Waals surface area contributed by atoms with Crippen LogP contribution in [0.25, 0.3) is 0 Å². The summed E-state index contributed by atoms with van der Waals surface area (Å²) in [5.74, 6) is 0.0660. The van der Waals surface area contributed by atoms with Crippen LogP contribution >= 0.6 is 11.8 Å². The number of nitrogens with one attached hydrogen (secondary N) is 1. The summed E-state index contributed by atoms with van der Waals surface area (Å²) in [7, 11) is 0. The van der Waals surface area contributed by atoms with Gasteiger partial charge >= 0.3 is 0 Å². The minimum atomic E-state index is -0.113. The summed E-state index contributed by atoms with van der Waals surface area (Å²) < 4.78 is 5.38. The molecular formula is C21H26N2O2S. The SMILES string of the molecule is CC(Sc1ccccc1)C(=O)NCc1ccc(CN2CCOCC2)cc1. The first-order valence-corrected chi connectivity index (χ1v) is 9.96. The second-order valence-electron chi connectivity index (χ2n) is 6.50. The molecule has 1 heterocycles. The maximum Gasteiger partial charge on any atom is 0.233 e. The number of carbonyl (C=O) groups excluding carboxylic acids is 1. The lowest BCUT2D eigenvalue weighted by Gasteiger charge is -2.26. The van der Waals surface area contributed by atoms with Crippen molar-refractivity contribution < 1.29 is 9.53 Å². The first-order valence-electron chi connectivity index (χ1n) is 9.08. The zero-order valence-electron chi connectivity index (χ0n) is 15.2. The van der Waals surface area contributed by atoms with Gasteiger partial charge in [-0.05, 0) is 30.2 Å². The fourth-order valence-corrected chi connectivity index (χ4v) is 3.78. The lowest BCUT2D eigenvalue weighted by Crippen LogP contribution is -2.35. The molecule has 2 aromatic carbocycles. The number of ether oxygens (including phenoxy) is 1. The summed E-state index contributed by atoms with van der Waals surface area (Å²) in [6, 6.07) is 18.5. The Morgan fingerprint density at radius 2 is 1.73 bits per heavy atom. The molecule has 0 saturated carbocycles. The predicted molar refractivity (Wildman–Crippen MR) is 106 cm³/mol. The van der Waals surface area contributed by atoms with Crippen molar-refractivity contribution in [2.45, 2.75) is 30.2 Å². The van der Waals surface area contributed by atoms with Crippen molar-refractivity contribution in [3.8, 4) is 0 Å². The van der Waals surface area contributed by atoms with E-state index >= 15 is 0 Å². The summed E-state index contributed by atoms with van der Waals surface area (Å²) >= 11 is 1.58. The molecule has 5 heteroatoms. The third-order valence-electron chi connectivity index (χ3n) is 4.42. The van der Waals surface area contributed by atoms with Crippen LogP contribution in [0.2, 0.25) is 0 Å². The number of rotatable bonds is 7. The Labute approximate surface area is 159 Å². The molecule has 1 aliphatic rings. The Kier molecular flexibility index (Phi) is 7.12. The van der Waals surface area contributed by atoms with Gasteiger partial charge in [0.1, 0.15) is 0 Å². The molecule has 1 saturated heterocycles. The largest absolute Gasteiger partial charge is 0.379 e. The Morgan fingerprint density at radius 3 is 2.42 bits per heavy atom. The second kappa shape index (κ2) is 9.76. The fourth-order valence-electron chi connectivity index (χ4n) is 2.87. The van der Waals surface area contributed by atoms with Crippen LogP contribution in [0.3, 0.4) is 0 Å². The van der Waals surface area contributed by atoms with Crippen molar-refractivity contribution in [1.29, 1.82) is 0 Å². The van der Waals surface area contributed by atoms with E-state index in [4.69, 9.17) is 4.74 Å². The van der Waals surface area contributed by atoms with Crippen LogP contribution in [-0.4, -0.2) is 42.4 Å². The van der Waals surface area contributed by atoms with E-state index in [1.165, 1.54) is 5.56 Å². The number of amides is 1. The third-order valence-corrected chi connectivity index (χ3v) is 5.54. The summed E-state index contributed by atoms with van der Waals surface area (Å²) in [6.07, 6.45) is 0. The molecule has 0 spiro atoms. The molecule has 1 fully saturated rings. The van der Waals surface area contributed by atoms with E-state index in [2.05, 4.69) is 34.5 Å². The molecule has 1 atom stereocenters. The van der Waals surface area contributed by atoms with Gasteiger partial charge in [0.15, 0.2) is 0 Å². The number of morpholine rings is 1. The van der Waals surface area contributed by atoms with Crippen molar-refractivity contribution in [2.75, 3.05) is 26.3 Å². The van der Waals surface area contributed by atoms with Crippen LogP contribution in [0.15, 0.2) is 59.5 Å². The van der Waals surface area contributed by atoms with E-state index in [1.807, 2.05) is 37.3 Å². The highest BCUT2D eigenvalue weighted by atomic mass is 32.2. The number of hydrogen-bond donors (Lipinski definition) is 1. The Bertz CT molecular complexity index is 685. The van der Waals surface area contributed by atoms with E-state index in [0.29, 0.717) is 6.54 Å². The molecule has 138 valence electrons.